The quantitative estimate of drug-likeness (QED) is 0.493. The number of aromatic nitrogens is 5. The van der Waals surface area contributed by atoms with E-state index in [0.717, 1.165) is 22.5 Å². The minimum atomic E-state index is 0.501. The second kappa shape index (κ2) is 7.45. The Hall–Kier alpha value is -3.06. The molecule has 0 aliphatic carbocycles. The summed E-state index contributed by atoms with van der Waals surface area (Å²) in [6.45, 7) is 1.79. The van der Waals surface area contributed by atoms with Crippen molar-refractivity contribution in [3.63, 3.8) is 0 Å². The van der Waals surface area contributed by atoms with E-state index in [-0.39, 0.29) is 0 Å². The molecule has 7 heteroatoms. The number of hydrogen-bond donors (Lipinski definition) is 0. The lowest BCUT2D eigenvalue weighted by Crippen LogP contribution is -1.99. The third-order valence-corrected chi connectivity index (χ3v) is 4.48. The predicted molar refractivity (Wildman–Crippen MR) is 99.3 cm³/mol. The second-order valence-electron chi connectivity index (χ2n) is 5.55. The minimum Gasteiger partial charge on any atom is -0.338 e. The monoisotopic (exact) mass is 361 g/mol. The summed E-state index contributed by atoms with van der Waals surface area (Å²) in [4.78, 5) is 8.94. The van der Waals surface area contributed by atoms with Crippen LogP contribution in [0.4, 0.5) is 0 Å². The van der Waals surface area contributed by atoms with Gasteiger partial charge in [0.05, 0.1) is 5.75 Å². The van der Waals surface area contributed by atoms with Crippen molar-refractivity contribution in [2.75, 3.05) is 0 Å². The Morgan fingerprint density at radius 3 is 2.08 bits per heavy atom. The zero-order valence-corrected chi connectivity index (χ0v) is 14.8. The summed E-state index contributed by atoms with van der Waals surface area (Å²) >= 11 is 1.42. The Balaban J connectivity index is 1.69. The van der Waals surface area contributed by atoms with Crippen LogP contribution < -0.4 is 0 Å². The van der Waals surface area contributed by atoms with Gasteiger partial charge in [-0.05, 0) is 6.92 Å². The Labute approximate surface area is 154 Å². The van der Waals surface area contributed by atoms with Crippen LogP contribution in [0.2, 0.25) is 0 Å². The largest absolute Gasteiger partial charge is 0.338 e. The van der Waals surface area contributed by atoms with Crippen LogP contribution in [0, 0.1) is 6.92 Å². The van der Waals surface area contributed by atoms with Gasteiger partial charge in [0.25, 0.3) is 0 Å². The van der Waals surface area contributed by atoms with E-state index in [4.69, 9.17) is 9.51 Å². The fourth-order valence-corrected chi connectivity index (χ4v) is 3.11. The fourth-order valence-electron chi connectivity index (χ4n) is 2.48. The van der Waals surface area contributed by atoms with Crippen molar-refractivity contribution in [3.05, 3.63) is 72.4 Å². The van der Waals surface area contributed by atoms with E-state index in [2.05, 4.69) is 20.3 Å². The van der Waals surface area contributed by atoms with E-state index in [9.17, 15) is 0 Å². The molecule has 6 nitrogen and oxygen atoms in total. The van der Waals surface area contributed by atoms with Crippen molar-refractivity contribution < 1.29 is 4.52 Å². The first-order chi connectivity index (χ1) is 12.8. The lowest BCUT2D eigenvalue weighted by molar-refractivity contribution is 0.387. The third-order valence-electron chi connectivity index (χ3n) is 3.66. The second-order valence-corrected chi connectivity index (χ2v) is 6.49. The van der Waals surface area contributed by atoms with Crippen LogP contribution >= 0.6 is 11.8 Å². The zero-order chi connectivity index (χ0) is 17.8. The summed E-state index contributed by atoms with van der Waals surface area (Å²) in [7, 11) is 0. The molecule has 0 saturated heterocycles. The number of nitrogens with zero attached hydrogens (tertiary/aromatic N) is 5. The Morgan fingerprint density at radius 2 is 1.46 bits per heavy atom. The van der Waals surface area contributed by atoms with Gasteiger partial charge in [-0.15, -0.1) is 10.2 Å². The molecule has 0 N–H and O–H groups in total. The van der Waals surface area contributed by atoms with Gasteiger partial charge in [-0.2, -0.15) is 4.98 Å². The van der Waals surface area contributed by atoms with Gasteiger partial charge < -0.3 is 4.52 Å². The molecule has 0 atom stereocenters. The van der Waals surface area contributed by atoms with Crippen LogP contribution in [0.3, 0.4) is 0 Å². The van der Waals surface area contributed by atoms with Crippen molar-refractivity contribution >= 4 is 11.8 Å². The molecule has 4 rings (SSSR count). The molecule has 0 fully saturated rings. The molecule has 2 aromatic carbocycles. The number of rotatable bonds is 5. The highest BCUT2D eigenvalue weighted by Gasteiger charge is 2.14. The number of benzene rings is 2. The van der Waals surface area contributed by atoms with Gasteiger partial charge in [0.15, 0.2) is 5.82 Å². The lowest BCUT2D eigenvalue weighted by atomic mass is 10.0. The molecular weight excluding hydrogens is 346 g/mol. The highest BCUT2D eigenvalue weighted by atomic mass is 32.2. The van der Waals surface area contributed by atoms with Crippen molar-refractivity contribution in [1.82, 2.24) is 25.3 Å². The summed E-state index contributed by atoms with van der Waals surface area (Å²) < 4.78 is 5.14. The molecule has 2 aromatic heterocycles. The molecule has 0 unspecified atom stereocenters. The van der Waals surface area contributed by atoms with Crippen LogP contribution in [0.5, 0.6) is 0 Å². The smallest absolute Gasteiger partial charge is 0.237 e. The Morgan fingerprint density at radius 1 is 0.808 bits per heavy atom. The first-order valence-corrected chi connectivity index (χ1v) is 9.06. The summed E-state index contributed by atoms with van der Waals surface area (Å²) in [5.74, 6) is 1.66. The Kier molecular flexibility index (Phi) is 4.70. The molecule has 128 valence electrons. The molecule has 4 aromatic rings. The average molecular weight is 361 g/mol. The number of thioether (sulfide) groups is 1. The summed E-state index contributed by atoms with van der Waals surface area (Å²) in [5.41, 5.74) is 3.54. The van der Waals surface area contributed by atoms with Crippen LogP contribution in [0.15, 0.2) is 70.3 Å². The third kappa shape index (κ3) is 3.62. The van der Waals surface area contributed by atoms with Gasteiger partial charge in [0.2, 0.25) is 11.0 Å². The maximum absolute atomic E-state index is 5.14. The van der Waals surface area contributed by atoms with Gasteiger partial charge in [0.1, 0.15) is 11.4 Å². The SMILES string of the molecule is Cc1noc(CSc2nnc(-c3ccccc3)c(-c3ccccc3)n2)n1. The van der Waals surface area contributed by atoms with E-state index in [1.54, 1.807) is 6.92 Å². The fraction of sp³-hybridized carbons (Fsp3) is 0.105. The predicted octanol–water partition coefficient (Wildman–Crippen LogP) is 4.19. The van der Waals surface area contributed by atoms with Gasteiger partial charge in [-0.3, -0.25) is 0 Å². The topological polar surface area (TPSA) is 77.6 Å². The van der Waals surface area contributed by atoms with Crippen molar-refractivity contribution in [1.29, 1.82) is 0 Å². The van der Waals surface area contributed by atoms with Gasteiger partial charge in [-0.25, -0.2) is 4.98 Å². The normalized spacial score (nSPS) is 10.8. The van der Waals surface area contributed by atoms with Crippen molar-refractivity contribution in [2.24, 2.45) is 0 Å². The molecular formula is C19H15N5OS. The van der Waals surface area contributed by atoms with E-state index >= 15 is 0 Å². The molecule has 0 spiro atoms. The van der Waals surface area contributed by atoms with Crippen LogP contribution in [-0.4, -0.2) is 25.3 Å². The molecule has 0 radical (unpaired) electrons. The van der Waals surface area contributed by atoms with Crippen LogP contribution in [0.25, 0.3) is 22.5 Å². The van der Waals surface area contributed by atoms with E-state index in [1.807, 2.05) is 60.7 Å². The highest BCUT2D eigenvalue weighted by molar-refractivity contribution is 7.98. The van der Waals surface area contributed by atoms with E-state index in [0.29, 0.717) is 22.6 Å². The first kappa shape index (κ1) is 16.4. The summed E-state index contributed by atoms with van der Waals surface area (Å²) in [6.07, 6.45) is 0. The Bertz CT molecular complexity index is 1000. The lowest BCUT2D eigenvalue weighted by Gasteiger charge is -2.09. The number of hydrogen-bond acceptors (Lipinski definition) is 7. The maximum Gasteiger partial charge on any atom is 0.237 e. The maximum atomic E-state index is 5.14. The molecule has 0 saturated carbocycles. The molecule has 0 aliphatic heterocycles. The van der Waals surface area contributed by atoms with Gasteiger partial charge >= 0.3 is 0 Å². The highest BCUT2D eigenvalue weighted by Crippen LogP contribution is 2.30. The van der Waals surface area contributed by atoms with Crippen LogP contribution in [0.1, 0.15) is 11.7 Å². The standard InChI is InChI=1S/C19H15N5OS/c1-13-20-16(25-24-13)12-26-19-21-17(14-8-4-2-5-9-14)18(22-23-19)15-10-6-3-7-11-15/h2-11H,12H2,1H3. The first-order valence-electron chi connectivity index (χ1n) is 8.07. The summed E-state index contributed by atoms with van der Waals surface area (Å²) in [6, 6.07) is 19.9. The van der Waals surface area contributed by atoms with Gasteiger partial charge in [-0.1, -0.05) is 77.6 Å². The minimum absolute atomic E-state index is 0.501. The zero-order valence-electron chi connectivity index (χ0n) is 14.0. The summed E-state index contributed by atoms with van der Waals surface area (Å²) in [5, 5.41) is 13.1. The molecule has 2 heterocycles. The van der Waals surface area contributed by atoms with Gasteiger partial charge in [0, 0.05) is 11.1 Å². The average Bonchev–Trinajstić information content (AvgIpc) is 3.13. The molecule has 26 heavy (non-hydrogen) atoms. The van der Waals surface area contributed by atoms with Crippen molar-refractivity contribution in [3.8, 4) is 22.5 Å². The molecule has 0 amide bonds. The van der Waals surface area contributed by atoms with Crippen LogP contribution in [-0.2, 0) is 5.75 Å². The van der Waals surface area contributed by atoms with E-state index < -0.39 is 0 Å². The number of aryl methyl sites for hydroxylation is 1. The molecule has 0 aliphatic rings. The van der Waals surface area contributed by atoms with Crippen molar-refractivity contribution in [2.45, 2.75) is 17.8 Å². The molecule has 0 bridgehead atoms. The van der Waals surface area contributed by atoms with E-state index in [1.165, 1.54) is 11.8 Å².